The van der Waals surface area contributed by atoms with E-state index in [9.17, 15) is 24.9 Å². The number of ether oxygens (including phenoxy) is 2. The second-order valence-corrected chi connectivity index (χ2v) is 17.4. The molecule has 3 aliphatic rings. The molecule has 0 radical (unpaired) electrons. The summed E-state index contributed by atoms with van der Waals surface area (Å²) in [6, 6.07) is 15.5. The van der Waals surface area contributed by atoms with Crippen LogP contribution in [0, 0.1) is 0 Å². The van der Waals surface area contributed by atoms with Crippen molar-refractivity contribution < 1.29 is 29.6 Å². The number of carbonyl (C=O) groups excluding carboxylic acids is 1. The van der Waals surface area contributed by atoms with Crippen molar-refractivity contribution in [1.29, 1.82) is 0 Å². The van der Waals surface area contributed by atoms with E-state index in [1.54, 1.807) is 24.3 Å². The molecule has 5 N–H and O–H groups in total. The predicted octanol–water partition coefficient (Wildman–Crippen LogP) is 4.91. The van der Waals surface area contributed by atoms with E-state index in [0.717, 1.165) is 75.7 Å². The van der Waals surface area contributed by atoms with Crippen molar-refractivity contribution in [3.63, 3.8) is 0 Å². The largest absolute Gasteiger partial charge is 0.506 e. The van der Waals surface area contributed by atoms with Gasteiger partial charge in [-0.2, -0.15) is 0 Å². The minimum absolute atomic E-state index is 0.0322. The molecule has 2 aliphatic heterocycles. The van der Waals surface area contributed by atoms with Gasteiger partial charge in [-0.1, -0.05) is 23.4 Å². The normalized spacial score (nSPS) is 18.8. The molecule has 6 aromatic rings. The smallest absolute Gasteiger partial charge is 0.349 e. The molecule has 57 heavy (non-hydrogen) atoms. The second kappa shape index (κ2) is 15.7. The number of aromatic nitrogens is 4. The molecule has 1 spiro atoms. The van der Waals surface area contributed by atoms with Crippen molar-refractivity contribution in [1.82, 2.24) is 30.2 Å². The molecule has 0 amide bonds. The van der Waals surface area contributed by atoms with Crippen LogP contribution in [-0.4, -0.2) is 90.7 Å². The number of hydrogen-bond donors (Lipinski definition) is 5. The first-order valence-electron chi connectivity index (χ1n) is 19.7. The number of phenols is 1. The van der Waals surface area contributed by atoms with Gasteiger partial charge in [0.2, 0.25) is 11.2 Å². The number of esters is 1. The van der Waals surface area contributed by atoms with Gasteiger partial charge >= 0.3 is 5.97 Å². The van der Waals surface area contributed by atoms with E-state index < -0.39 is 23.8 Å². The van der Waals surface area contributed by atoms with E-state index in [2.05, 4.69) is 36.3 Å². The average molecular weight is 811 g/mol. The number of nitrogens with zero attached hydrogens (tertiary/aromatic N) is 4. The molecule has 0 bridgehead atoms. The van der Waals surface area contributed by atoms with Crippen LogP contribution in [0.1, 0.15) is 70.2 Å². The molecule has 0 unspecified atom stereocenters. The molecular weight excluding hydrogens is 765 g/mol. The topological polar surface area (TPSA) is 175 Å². The Morgan fingerprint density at radius 2 is 1.84 bits per heavy atom. The third kappa shape index (κ3) is 7.30. The lowest BCUT2D eigenvalue weighted by Crippen LogP contribution is -2.45. The van der Waals surface area contributed by atoms with Gasteiger partial charge in [-0.3, -0.25) is 4.79 Å². The van der Waals surface area contributed by atoms with Crippen LogP contribution in [0.4, 0.5) is 0 Å². The predicted molar refractivity (Wildman–Crippen MR) is 218 cm³/mol. The maximum atomic E-state index is 13.5. The van der Waals surface area contributed by atoms with Crippen LogP contribution in [0.2, 0.25) is 0 Å². The number of hydrogen-bond acceptors (Lipinski definition) is 13. The fourth-order valence-corrected chi connectivity index (χ4v) is 10.8. The summed E-state index contributed by atoms with van der Waals surface area (Å²) in [4.78, 5) is 31.6. The zero-order valence-electron chi connectivity index (χ0n) is 31.5. The number of benzene rings is 2. The van der Waals surface area contributed by atoms with Gasteiger partial charge in [0.1, 0.15) is 17.4 Å². The van der Waals surface area contributed by atoms with E-state index in [4.69, 9.17) is 9.47 Å². The highest BCUT2D eigenvalue weighted by molar-refractivity contribution is 7.12. The number of nitrogens with one attached hydrogen (secondary N) is 2. The molecular formula is C42H46N6O7S2. The summed E-state index contributed by atoms with van der Waals surface area (Å²) in [5.41, 5.74) is 4.34. The highest BCUT2D eigenvalue weighted by atomic mass is 32.1. The molecule has 2 saturated heterocycles. The SMILES string of the molecule is O=C(O[C@@H]1COC2(CCN(CCCn3nnc4cc(CNC[C@H](O)c5ccc(O)c6[nH]c(=O)ccc56)c5c(c43)CCC5)CC2)C1)C(O)(c1cccs1)c1cccs1. The molecule has 0 saturated carbocycles. The van der Waals surface area contributed by atoms with Crippen molar-refractivity contribution in [2.45, 2.75) is 81.4 Å². The number of aromatic hydroxyl groups is 1. The van der Waals surface area contributed by atoms with E-state index in [0.29, 0.717) is 52.3 Å². The summed E-state index contributed by atoms with van der Waals surface area (Å²) in [6.07, 6.45) is 5.11. The zero-order valence-corrected chi connectivity index (χ0v) is 33.1. The van der Waals surface area contributed by atoms with Crippen molar-refractivity contribution in [3.8, 4) is 5.75 Å². The van der Waals surface area contributed by atoms with E-state index in [-0.39, 0.29) is 16.9 Å². The fraction of sp³-hybridized carbons (Fsp3) is 0.429. The maximum Gasteiger partial charge on any atom is 0.349 e. The Labute approximate surface area is 336 Å². The van der Waals surface area contributed by atoms with Crippen LogP contribution >= 0.6 is 22.7 Å². The number of H-pyrrole nitrogens is 1. The summed E-state index contributed by atoms with van der Waals surface area (Å²) >= 11 is 2.68. The summed E-state index contributed by atoms with van der Waals surface area (Å²) < 4.78 is 14.4. The molecule has 6 heterocycles. The zero-order chi connectivity index (χ0) is 39.1. The number of piperidine rings is 1. The lowest BCUT2D eigenvalue weighted by atomic mass is 9.88. The average Bonchev–Trinajstić information content (AvgIpc) is 4.07. The first-order valence-corrected chi connectivity index (χ1v) is 21.4. The molecule has 298 valence electrons. The van der Waals surface area contributed by atoms with Crippen LogP contribution in [0.3, 0.4) is 0 Å². The minimum atomic E-state index is -1.82. The van der Waals surface area contributed by atoms with Crippen LogP contribution in [0.25, 0.3) is 21.9 Å². The maximum absolute atomic E-state index is 13.5. The highest BCUT2D eigenvalue weighted by Gasteiger charge is 2.48. The third-order valence-corrected chi connectivity index (χ3v) is 14.0. The minimum Gasteiger partial charge on any atom is -0.506 e. The van der Waals surface area contributed by atoms with Gasteiger partial charge in [0, 0.05) is 50.6 Å². The summed E-state index contributed by atoms with van der Waals surface area (Å²) in [5, 5.41) is 49.9. The first kappa shape index (κ1) is 38.1. The summed E-state index contributed by atoms with van der Waals surface area (Å²) in [7, 11) is 0. The number of phenolic OH excluding ortho intramolecular Hbond substituents is 1. The Balaban J connectivity index is 0.774. The molecule has 15 heteroatoms. The van der Waals surface area contributed by atoms with Gasteiger partial charge < -0.3 is 40.0 Å². The lowest BCUT2D eigenvalue weighted by Gasteiger charge is -2.38. The number of aliphatic hydroxyl groups excluding tert-OH is 1. The van der Waals surface area contributed by atoms with Crippen molar-refractivity contribution in [3.05, 3.63) is 108 Å². The number of thiophene rings is 2. The Morgan fingerprint density at radius 3 is 2.60 bits per heavy atom. The third-order valence-electron chi connectivity index (χ3n) is 12.0. The molecule has 9 rings (SSSR count). The summed E-state index contributed by atoms with van der Waals surface area (Å²) in [5.74, 6) is -0.679. The van der Waals surface area contributed by atoms with Crippen LogP contribution in [0.15, 0.2) is 70.2 Å². The molecule has 1 aliphatic carbocycles. The van der Waals surface area contributed by atoms with Crippen LogP contribution in [-0.2, 0) is 45.8 Å². The number of carbonyl (C=O) groups is 1. The van der Waals surface area contributed by atoms with Gasteiger partial charge in [0.05, 0.1) is 39.1 Å². The monoisotopic (exact) mass is 810 g/mol. The fourth-order valence-electron chi connectivity index (χ4n) is 9.05. The van der Waals surface area contributed by atoms with Gasteiger partial charge in [-0.05, 0) is 108 Å². The van der Waals surface area contributed by atoms with Crippen LogP contribution in [0.5, 0.6) is 5.75 Å². The number of rotatable bonds is 13. The Morgan fingerprint density at radius 1 is 1.07 bits per heavy atom. The second-order valence-electron chi connectivity index (χ2n) is 15.5. The number of likely N-dealkylation sites (tertiary alicyclic amines) is 1. The Hall–Kier alpha value is -4.48. The Kier molecular flexibility index (Phi) is 10.5. The van der Waals surface area contributed by atoms with Crippen molar-refractivity contribution in [2.75, 3.05) is 32.8 Å². The quantitative estimate of drug-likeness (QED) is 0.100. The number of fused-ring (bicyclic) bond motifs is 4. The first-order chi connectivity index (χ1) is 27.7. The number of aliphatic hydroxyl groups is 2. The van der Waals surface area contributed by atoms with Crippen molar-refractivity contribution in [2.24, 2.45) is 0 Å². The van der Waals surface area contributed by atoms with E-state index in [1.165, 1.54) is 51.5 Å². The van der Waals surface area contributed by atoms with Crippen LogP contribution < -0.4 is 10.9 Å². The molecule has 13 nitrogen and oxygen atoms in total. The van der Waals surface area contributed by atoms with Crippen molar-refractivity contribution >= 4 is 50.6 Å². The summed E-state index contributed by atoms with van der Waals surface area (Å²) in [6.45, 7) is 4.71. The van der Waals surface area contributed by atoms with E-state index >= 15 is 0 Å². The number of aryl methyl sites for hydroxylation is 2. The lowest BCUT2D eigenvalue weighted by molar-refractivity contribution is -0.167. The molecule has 2 aromatic carbocycles. The number of pyridine rings is 1. The van der Waals surface area contributed by atoms with Gasteiger partial charge in [-0.25, -0.2) is 9.48 Å². The molecule has 2 atom stereocenters. The van der Waals surface area contributed by atoms with Gasteiger partial charge in [0.15, 0.2) is 0 Å². The van der Waals surface area contributed by atoms with Gasteiger partial charge in [0.25, 0.3) is 0 Å². The van der Waals surface area contributed by atoms with E-state index in [1.807, 2.05) is 22.9 Å². The Bertz CT molecular complexity index is 2400. The highest BCUT2D eigenvalue weighted by Crippen LogP contribution is 2.41. The van der Waals surface area contributed by atoms with Gasteiger partial charge in [-0.15, -0.1) is 27.8 Å². The molecule has 4 aromatic heterocycles. The standard InChI is InChI=1S/C42H46N6O7S2/c49-33-11-9-29(30-10-12-37(51)44-38(30)33)34(50)24-43-23-26-21-32-39(31-6-1-5-28(26)31)48(46-45-32)16-4-15-47-17-13-41(14-18-47)22-27(25-54-41)55-40(52)42(53,35-7-2-19-56-35)36-8-3-20-57-36/h2-3,7-12,19-21,27,34,43,49-50,53H,1,4-6,13-18,22-25H2,(H,44,51)/t27-,34-/m0/s1. The molecule has 2 fully saturated rings. The number of aromatic amines is 1.